The largest absolute Gasteiger partial charge is 0.494 e. The Kier molecular flexibility index (Phi) is 4.16. The Morgan fingerprint density at radius 2 is 2.21 bits per heavy atom. The highest BCUT2D eigenvalue weighted by atomic mass is 19.1. The van der Waals surface area contributed by atoms with Crippen LogP contribution in [0.3, 0.4) is 0 Å². The maximum Gasteiger partial charge on any atom is 0.165 e. The highest BCUT2D eigenvalue weighted by Gasteiger charge is 2.14. The Morgan fingerprint density at radius 1 is 1.42 bits per heavy atom. The number of nitrogens with one attached hydrogen (secondary N) is 1. The average molecular weight is 263 g/mol. The number of hydrogen-bond acceptors (Lipinski definition) is 3. The molecule has 2 rings (SSSR count). The molecule has 2 aromatic rings. The number of likely N-dealkylation sites (N-methyl/N-ethyl adjacent to an activating group) is 1. The van der Waals surface area contributed by atoms with Crippen LogP contribution in [0.2, 0.25) is 0 Å². The number of hydrogen-bond donors (Lipinski definition) is 1. The summed E-state index contributed by atoms with van der Waals surface area (Å²) in [7, 11) is 5.25. The van der Waals surface area contributed by atoms with Crippen LogP contribution in [-0.2, 0) is 13.5 Å². The first-order valence-corrected chi connectivity index (χ1v) is 6.13. The van der Waals surface area contributed by atoms with Crippen molar-refractivity contribution in [2.45, 2.75) is 12.5 Å². The lowest BCUT2D eigenvalue weighted by Crippen LogP contribution is -2.21. The Balaban J connectivity index is 2.19. The van der Waals surface area contributed by atoms with E-state index in [9.17, 15) is 4.39 Å². The summed E-state index contributed by atoms with van der Waals surface area (Å²) in [5.41, 5.74) is 1.98. The zero-order valence-electron chi connectivity index (χ0n) is 11.4. The molecule has 102 valence electrons. The molecule has 0 aliphatic heterocycles. The van der Waals surface area contributed by atoms with Crippen LogP contribution in [0.25, 0.3) is 0 Å². The molecule has 19 heavy (non-hydrogen) atoms. The third-order valence-electron chi connectivity index (χ3n) is 3.22. The Labute approximate surface area is 112 Å². The Hall–Kier alpha value is -1.88. The molecular formula is C14H18FN3O. The molecule has 1 atom stereocenters. The number of ether oxygens (including phenoxy) is 1. The van der Waals surface area contributed by atoms with E-state index in [4.69, 9.17) is 4.74 Å². The highest BCUT2D eigenvalue weighted by Crippen LogP contribution is 2.22. The molecule has 5 heteroatoms. The number of aromatic nitrogens is 2. The van der Waals surface area contributed by atoms with E-state index in [2.05, 4.69) is 10.4 Å². The zero-order valence-corrected chi connectivity index (χ0v) is 11.4. The first-order valence-electron chi connectivity index (χ1n) is 6.13. The summed E-state index contributed by atoms with van der Waals surface area (Å²) in [5, 5.41) is 7.38. The smallest absolute Gasteiger partial charge is 0.165 e. The number of methoxy groups -OCH3 is 1. The van der Waals surface area contributed by atoms with Gasteiger partial charge in [-0.3, -0.25) is 4.68 Å². The second-order valence-electron chi connectivity index (χ2n) is 4.39. The van der Waals surface area contributed by atoms with Crippen LogP contribution < -0.4 is 10.1 Å². The number of benzene rings is 1. The van der Waals surface area contributed by atoms with Gasteiger partial charge in [-0.25, -0.2) is 4.39 Å². The van der Waals surface area contributed by atoms with Gasteiger partial charge in [-0.05, 0) is 37.2 Å². The summed E-state index contributed by atoms with van der Waals surface area (Å²) in [6.45, 7) is 0. The van der Waals surface area contributed by atoms with Gasteiger partial charge in [0.1, 0.15) is 0 Å². The number of aryl methyl sites for hydroxylation is 1. The van der Waals surface area contributed by atoms with Gasteiger partial charge in [0.25, 0.3) is 0 Å². The second-order valence-corrected chi connectivity index (χ2v) is 4.39. The van der Waals surface area contributed by atoms with Crippen LogP contribution in [0.5, 0.6) is 5.75 Å². The van der Waals surface area contributed by atoms with Crippen LogP contribution in [0.4, 0.5) is 4.39 Å². The van der Waals surface area contributed by atoms with Crippen molar-refractivity contribution in [3.8, 4) is 5.75 Å². The normalized spacial score (nSPS) is 12.4. The number of halogens is 1. The van der Waals surface area contributed by atoms with Crippen molar-refractivity contribution in [2.24, 2.45) is 7.05 Å². The van der Waals surface area contributed by atoms with E-state index in [0.717, 1.165) is 11.3 Å². The molecule has 0 spiro atoms. The Morgan fingerprint density at radius 3 is 2.74 bits per heavy atom. The van der Waals surface area contributed by atoms with Gasteiger partial charge in [-0.1, -0.05) is 6.07 Å². The molecule has 0 saturated heterocycles. The van der Waals surface area contributed by atoms with Crippen molar-refractivity contribution in [3.63, 3.8) is 0 Å². The molecular weight excluding hydrogens is 245 g/mol. The molecule has 1 aromatic carbocycles. The molecule has 0 fully saturated rings. The molecule has 1 N–H and O–H groups in total. The maximum absolute atomic E-state index is 13.7. The highest BCUT2D eigenvalue weighted by molar-refractivity contribution is 5.30. The van der Waals surface area contributed by atoms with Crippen molar-refractivity contribution in [2.75, 3.05) is 14.2 Å². The molecule has 1 heterocycles. The van der Waals surface area contributed by atoms with Gasteiger partial charge in [-0.15, -0.1) is 0 Å². The van der Waals surface area contributed by atoms with Gasteiger partial charge in [0.05, 0.1) is 18.8 Å². The van der Waals surface area contributed by atoms with Crippen LogP contribution >= 0.6 is 0 Å². The fraction of sp³-hybridized carbons (Fsp3) is 0.357. The lowest BCUT2D eigenvalue weighted by Gasteiger charge is -2.17. The minimum atomic E-state index is -0.333. The molecule has 0 amide bonds. The summed E-state index contributed by atoms with van der Waals surface area (Å²) < 4.78 is 20.4. The summed E-state index contributed by atoms with van der Waals surface area (Å²) >= 11 is 0. The van der Waals surface area contributed by atoms with Crippen LogP contribution in [-0.4, -0.2) is 23.9 Å². The molecule has 0 radical (unpaired) electrons. The van der Waals surface area contributed by atoms with E-state index in [1.807, 2.05) is 30.9 Å². The van der Waals surface area contributed by atoms with E-state index >= 15 is 0 Å². The zero-order chi connectivity index (χ0) is 13.8. The molecule has 4 nitrogen and oxygen atoms in total. The number of nitrogens with zero attached hydrogens (tertiary/aromatic N) is 2. The van der Waals surface area contributed by atoms with Crippen molar-refractivity contribution in [1.29, 1.82) is 0 Å². The molecule has 1 aromatic heterocycles. The predicted octanol–water partition coefficient (Wildman–Crippen LogP) is 2.07. The van der Waals surface area contributed by atoms with Crippen molar-refractivity contribution in [3.05, 3.63) is 47.5 Å². The van der Waals surface area contributed by atoms with Crippen LogP contribution in [0, 0.1) is 5.82 Å². The average Bonchev–Trinajstić information content (AvgIpc) is 2.82. The summed E-state index contributed by atoms with van der Waals surface area (Å²) in [6, 6.07) is 7.10. The standard InChI is InChI=1S/C14H18FN3O/c1-16-12(13-6-7-17-18(13)2)9-10-4-5-14(19-3)11(15)8-10/h4-8,12,16H,9H2,1-3H3. The predicted molar refractivity (Wildman–Crippen MR) is 71.7 cm³/mol. The van der Waals surface area contributed by atoms with Gasteiger partial charge < -0.3 is 10.1 Å². The van der Waals surface area contributed by atoms with Crippen molar-refractivity contribution in [1.82, 2.24) is 15.1 Å². The summed E-state index contributed by atoms with van der Waals surface area (Å²) in [5.74, 6) is -0.0647. The molecule has 0 aliphatic carbocycles. The first kappa shape index (κ1) is 13.5. The molecule has 1 unspecified atom stereocenters. The van der Waals surface area contributed by atoms with E-state index < -0.39 is 0 Å². The van der Waals surface area contributed by atoms with E-state index in [-0.39, 0.29) is 17.6 Å². The fourth-order valence-corrected chi connectivity index (χ4v) is 2.15. The molecule has 0 bridgehead atoms. The quantitative estimate of drug-likeness (QED) is 0.897. The van der Waals surface area contributed by atoms with Gasteiger partial charge >= 0.3 is 0 Å². The van der Waals surface area contributed by atoms with E-state index in [0.29, 0.717) is 6.42 Å². The lowest BCUT2D eigenvalue weighted by atomic mass is 10.0. The topological polar surface area (TPSA) is 39.1 Å². The fourth-order valence-electron chi connectivity index (χ4n) is 2.15. The van der Waals surface area contributed by atoms with Crippen LogP contribution in [0.1, 0.15) is 17.3 Å². The Bertz CT molecular complexity index is 553. The molecule has 0 aliphatic rings. The minimum Gasteiger partial charge on any atom is -0.494 e. The summed E-state index contributed by atoms with van der Waals surface area (Å²) in [6.07, 6.45) is 2.45. The third-order valence-corrected chi connectivity index (χ3v) is 3.22. The van der Waals surface area contributed by atoms with Crippen molar-refractivity contribution >= 4 is 0 Å². The van der Waals surface area contributed by atoms with Crippen LogP contribution in [0.15, 0.2) is 30.5 Å². The lowest BCUT2D eigenvalue weighted by molar-refractivity contribution is 0.386. The SMILES string of the molecule is CNC(Cc1ccc(OC)c(F)c1)c1ccnn1C. The first-order chi connectivity index (χ1) is 9.15. The van der Waals surface area contributed by atoms with Crippen molar-refractivity contribution < 1.29 is 9.13 Å². The monoisotopic (exact) mass is 263 g/mol. The summed E-state index contributed by atoms with van der Waals surface area (Å²) in [4.78, 5) is 0. The third kappa shape index (κ3) is 2.93. The van der Waals surface area contributed by atoms with Gasteiger partial charge in [0.2, 0.25) is 0 Å². The van der Waals surface area contributed by atoms with Gasteiger partial charge in [0.15, 0.2) is 11.6 Å². The second kappa shape index (κ2) is 5.84. The van der Waals surface area contributed by atoms with Gasteiger partial charge in [-0.2, -0.15) is 5.10 Å². The molecule has 0 saturated carbocycles. The van der Waals surface area contributed by atoms with E-state index in [1.165, 1.54) is 13.2 Å². The van der Waals surface area contributed by atoms with E-state index in [1.54, 1.807) is 12.3 Å². The van der Waals surface area contributed by atoms with Gasteiger partial charge in [0, 0.05) is 13.2 Å². The minimum absolute atomic E-state index is 0.0975. The maximum atomic E-state index is 13.7. The number of rotatable bonds is 5.